The quantitative estimate of drug-likeness (QED) is 0.632. The van der Waals surface area contributed by atoms with Gasteiger partial charge in [0.15, 0.2) is 5.82 Å². The summed E-state index contributed by atoms with van der Waals surface area (Å²) in [5.41, 5.74) is 0. The first-order chi connectivity index (χ1) is 7.72. The Bertz CT molecular complexity index is 323. The van der Waals surface area contributed by atoms with Crippen LogP contribution in [0.25, 0.3) is 0 Å². The summed E-state index contributed by atoms with van der Waals surface area (Å²) in [4.78, 5) is 15.3. The zero-order valence-electron chi connectivity index (χ0n) is 9.86. The molecular weight excluding hydrogens is 206 g/mol. The molecule has 0 aromatic carbocycles. The molecule has 0 saturated carbocycles. The van der Waals surface area contributed by atoms with E-state index in [0.29, 0.717) is 18.9 Å². The Morgan fingerprint density at radius 2 is 2.38 bits per heavy atom. The van der Waals surface area contributed by atoms with Crippen molar-refractivity contribution in [3.8, 4) is 0 Å². The number of nitrogens with zero attached hydrogens (tertiary/aromatic N) is 3. The first kappa shape index (κ1) is 12.6. The standard InChI is InChI=1S/C10H19N5O/c1-3-4-5-12-10(16)7-11-6-9-13-8-15(2)14-9/h8,11H,3-7H2,1-2H3,(H,12,16). The van der Waals surface area contributed by atoms with E-state index in [1.165, 1.54) is 0 Å². The zero-order chi connectivity index (χ0) is 11.8. The van der Waals surface area contributed by atoms with Crippen molar-refractivity contribution in [3.63, 3.8) is 0 Å². The van der Waals surface area contributed by atoms with Gasteiger partial charge in [0, 0.05) is 13.6 Å². The number of amides is 1. The van der Waals surface area contributed by atoms with Gasteiger partial charge in [-0.3, -0.25) is 9.48 Å². The van der Waals surface area contributed by atoms with Gasteiger partial charge in [-0.15, -0.1) is 0 Å². The third-order valence-corrected chi connectivity index (χ3v) is 2.07. The zero-order valence-corrected chi connectivity index (χ0v) is 9.86. The van der Waals surface area contributed by atoms with Gasteiger partial charge in [-0.2, -0.15) is 5.10 Å². The summed E-state index contributed by atoms with van der Waals surface area (Å²) in [6, 6.07) is 0. The molecule has 90 valence electrons. The summed E-state index contributed by atoms with van der Waals surface area (Å²) in [5, 5.41) is 9.91. The molecule has 1 rings (SSSR count). The molecule has 0 atom stereocenters. The number of carbonyl (C=O) groups is 1. The second-order valence-electron chi connectivity index (χ2n) is 3.64. The smallest absolute Gasteiger partial charge is 0.233 e. The highest BCUT2D eigenvalue weighted by atomic mass is 16.1. The molecule has 0 fully saturated rings. The lowest BCUT2D eigenvalue weighted by atomic mass is 10.3. The van der Waals surface area contributed by atoms with Crippen molar-refractivity contribution in [2.24, 2.45) is 7.05 Å². The number of hydrogen-bond acceptors (Lipinski definition) is 4. The van der Waals surface area contributed by atoms with E-state index in [2.05, 4.69) is 27.6 Å². The third-order valence-electron chi connectivity index (χ3n) is 2.07. The third kappa shape index (κ3) is 4.88. The van der Waals surface area contributed by atoms with E-state index in [9.17, 15) is 4.79 Å². The fraction of sp³-hybridized carbons (Fsp3) is 0.700. The Balaban J connectivity index is 2.08. The number of carbonyl (C=O) groups excluding carboxylic acids is 1. The van der Waals surface area contributed by atoms with Crippen molar-refractivity contribution < 1.29 is 4.79 Å². The predicted octanol–water partition coefficient (Wildman–Crippen LogP) is -0.179. The number of aromatic nitrogens is 3. The van der Waals surface area contributed by atoms with Crippen LogP contribution >= 0.6 is 0 Å². The normalized spacial score (nSPS) is 10.4. The number of rotatable bonds is 7. The molecule has 0 radical (unpaired) electrons. The maximum atomic E-state index is 11.3. The van der Waals surface area contributed by atoms with Crippen molar-refractivity contribution in [1.82, 2.24) is 25.4 Å². The Kier molecular flexibility index (Phi) is 5.49. The summed E-state index contributed by atoms with van der Waals surface area (Å²) in [5.74, 6) is 0.716. The van der Waals surface area contributed by atoms with Gasteiger partial charge in [-0.1, -0.05) is 13.3 Å². The van der Waals surface area contributed by atoms with Crippen LogP contribution in [-0.4, -0.2) is 33.8 Å². The van der Waals surface area contributed by atoms with Gasteiger partial charge in [0.2, 0.25) is 5.91 Å². The van der Waals surface area contributed by atoms with Gasteiger partial charge in [0.25, 0.3) is 0 Å². The number of aryl methyl sites for hydroxylation is 1. The lowest BCUT2D eigenvalue weighted by molar-refractivity contribution is -0.120. The Morgan fingerprint density at radius 1 is 1.56 bits per heavy atom. The van der Waals surface area contributed by atoms with Gasteiger partial charge in [-0.25, -0.2) is 4.98 Å². The molecule has 0 saturated heterocycles. The van der Waals surface area contributed by atoms with Crippen LogP contribution in [0.3, 0.4) is 0 Å². The molecule has 0 spiro atoms. The molecule has 1 aromatic rings. The molecule has 0 aliphatic carbocycles. The van der Waals surface area contributed by atoms with Gasteiger partial charge in [0.05, 0.1) is 13.1 Å². The summed E-state index contributed by atoms with van der Waals surface area (Å²) in [6.45, 7) is 3.67. The van der Waals surface area contributed by atoms with E-state index < -0.39 is 0 Å². The minimum Gasteiger partial charge on any atom is -0.355 e. The second-order valence-corrected chi connectivity index (χ2v) is 3.64. The molecule has 0 bridgehead atoms. The first-order valence-electron chi connectivity index (χ1n) is 5.54. The van der Waals surface area contributed by atoms with Gasteiger partial charge in [-0.05, 0) is 6.42 Å². The summed E-state index contributed by atoms with van der Waals surface area (Å²) < 4.78 is 1.64. The maximum Gasteiger partial charge on any atom is 0.233 e. The van der Waals surface area contributed by atoms with Crippen LogP contribution in [-0.2, 0) is 18.4 Å². The lowest BCUT2D eigenvalue weighted by Gasteiger charge is -2.04. The molecular formula is C10H19N5O. The number of unbranched alkanes of at least 4 members (excludes halogenated alkanes) is 1. The molecule has 6 heteroatoms. The molecule has 6 nitrogen and oxygen atoms in total. The molecule has 0 unspecified atom stereocenters. The van der Waals surface area contributed by atoms with Gasteiger partial charge in [0.1, 0.15) is 6.33 Å². The average Bonchev–Trinajstić information content (AvgIpc) is 2.65. The molecule has 2 N–H and O–H groups in total. The minimum absolute atomic E-state index is 0.0179. The van der Waals surface area contributed by atoms with Crippen molar-refractivity contribution in [3.05, 3.63) is 12.2 Å². The van der Waals surface area contributed by atoms with Crippen molar-refractivity contribution >= 4 is 5.91 Å². The maximum absolute atomic E-state index is 11.3. The fourth-order valence-electron chi connectivity index (χ4n) is 1.22. The fourth-order valence-corrected chi connectivity index (χ4v) is 1.22. The molecule has 16 heavy (non-hydrogen) atoms. The molecule has 1 aromatic heterocycles. The van der Waals surface area contributed by atoms with E-state index in [4.69, 9.17) is 0 Å². The summed E-state index contributed by atoms with van der Waals surface area (Å²) in [7, 11) is 1.81. The van der Waals surface area contributed by atoms with E-state index in [1.807, 2.05) is 7.05 Å². The number of hydrogen-bond donors (Lipinski definition) is 2. The highest BCUT2D eigenvalue weighted by molar-refractivity contribution is 5.77. The first-order valence-corrected chi connectivity index (χ1v) is 5.54. The van der Waals surface area contributed by atoms with Crippen LogP contribution in [0.4, 0.5) is 0 Å². The topological polar surface area (TPSA) is 71.8 Å². The predicted molar refractivity (Wildman–Crippen MR) is 60.6 cm³/mol. The lowest BCUT2D eigenvalue weighted by Crippen LogP contribution is -2.34. The summed E-state index contributed by atoms with van der Waals surface area (Å²) >= 11 is 0. The Labute approximate surface area is 95.4 Å². The monoisotopic (exact) mass is 225 g/mol. The number of nitrogens with one attached hydrogen (secondary N) is 2. The Hall–Kier alpha value is -1.43. The highest BCUT2D eigenvalue weighted by Crippen LogP contribution is 1.86. The van der Waals surface area contributed by atoms with Gasteiger partial charge < -0.3 is 10.6 Å². The largest absolute Gasteiger partial charge is 0.355 e. The van der Waals surface area contributed by atoms with Crippen LogP contribution in [0.1, 0.15) is 25.6 Å². The molecule has 0 aliphatic rings. The van der Waals surface area contributed by atoms with E-state index in [1.54, 1.807) is 11.0 Å². The minimum atomic E-state index is 0.0179. The molecule has 1 heterocycles. The summed E-state index contributed by atoms with van der Waals surface area (Å²) in [6.07, 6.45) is 3.75. The van der Waals surface area contributed by atoms with E-state index in [-0.39, 0.29) is 5.91 Å². The van der Waals surface area contributed by atoms with Crippen molar-refractivity contribution in [2.75, 3.05) is 13.1 Å². The molecule has 1 amide bonds. The van der Waals surface area contributed by atoms with Crippen LogP contribution < -0.4 is 10.6 Å². The van der Waals surface area contributed by atoms with Crippen LogP contribution in [0.2, 0.25) is 0 Å². The van der Waals surface area contributed by atoms with Gasteiger partial charge >= 0.3 is 0 Å². The van der Waals surface area contributed by atoms with Crippen LogP contribution in [0.5, 0.6) is 0 Å². The van der Waals surface area contributed by atoms with E-state index >= 15 is 0 Å². The Morgan fingerprint density at radius 3 is 3.00 bits per heavy atom. The van der Waals surface area contributed by atoms with Crippen molar-refractivity contribution in [1.29, 1.82) is 0 Å². The van der Waals surface area contributed by atoms with Crippen LogP contribution in [0, 0.1) is 0 Å². The van der Waals surface area contributed by atoms with Crippen LogP contribution in [0.15, 0.2) is 6.33 Å². The van der Waals surface area contributed by atoms with Crippen molar-refractivity contribution in [2.45, 2.75) is 26.3 Å². The second kappa shape index (κ2) is 6.95. The molecule has 0 aliphatic heterocycles. The van der Waals surface area contributed by atoms with E-state index in [0.717, 1.165) is 19.4 Å². The highest BCUT2D eigenvalue weighted by Gasteiger charge is 2.01. The average molecular weight is 225 g/mol. The SMILES string of the molecule is CCCCNC(=O)CNCc1ncn(C)n1.